The number of pyridine rings is 1. The van der Waals surface area contributed by atoms with Gasteiger partial charge in [-0.3, -0.25) is 5.32 Å². The van der Waals surface area contributed by atoms with Gasteiger partial charge < -0.3 is 15.2 Å². The lowest BCUT2D eigenvalue weighted by molar-refractivity contribution is 0.209. The van der Waals surface area contributed by atoms with Gasteiger partial charge in [0, 0.05) is 12.1 Å². The zero-order valence-electron chi connectivity index (χ0n) is 18.4. The normalized spacial score (nSPS) is 12.0. The third-order valence-electron chi connectivity index (χ3n) is 4.92. The van der Waals surface area contributed by atoms with E-state index in [-0.39, 0.29) is 11.6 Å². The van der Waals surface area contributed by atoms with Crippen LogP contribution >= 0.6 is 0 Å². The molecule has 2 aromatic heterocycles. The van der Waals surface area contributed by atoms with Gasteiger partial charge in [0.05, 0.1) is 18.5 Å². The highest BCUT2D eigenvalue weighted by molar-refractivity contribution is 5.80. The molecule has 34 heavy (non-hydrogen) atoms. The van der Waals surface area contributed by atoms with Crippen LogP contribution in [0.3, 0.4) is 0 Å². The molecule has 0 radical (unpaired) electrons. The summed E-state index contributed by atoms with van der Waals surface area (Å²) >= 11 is 0. The van der Waals surface area contributed by atoms with Crippen molar-refractivity contribution in [3.8, 4) is 17.0 Å². The standard InChI is InChI=1S/C21H17F2N5O3.C3H6/c1-31-19-14(22)9-10-15(18(19)23)24-11-12-5-7-13(8-6-12)16-3-2-4-17-25-20(26-21(29)30)27-28(16)17;1-2-3-1/h2-10,24H,11H2,1H3,(H,26,27)(H,29,30);1-3H2. The van der Waals surface area contributed by atoms with Crippen LogP contribution in [-0.4, -0.2) is 32.9 Å². The van der Waals surface area contributed by atoms with E-state index in [1.165, 1.54) is 32.4 Å². The van der Waals surface area contributed by atoms with Crippen molar-refractivity contribution >= 4 is 23.4 Å². The predicted molar refractivity (Wildman–Crippen MR) is 124 cm³/mol. The van der Waals surface area contributed by atoms with E-state index in [1.807, 2.05) is 30.3 Å². The number of carboxylic acid groups (broad SMARTS) is 1. The third kappa shape index (κ3) is 5.40. The zero-order valence-corrected chi connectivity index (χ0v) is 18.4. The van der Waals surface area contributed by atoms with Crippen LogP contribution in [0.15, 0.2) is 54.6 Å². The molecule has 1 aliphatic rings. The number of benzene rings is 2. The fourth-order valence-electron chi connectivity index (χ4n) is 3.12. The van der Waals surface area contributed by atoms with Crippen LogP contribution in [0.4, 0.5) is 25.2 Å². The Hall–Kier alpha value is -4.21. The largest absolute Gasteiger partial charge is 0.491 e. The third-order valence-corrected chi connectivity index (χ3v) is 4.92. The number of methoxy groups -OCH3 is 1. The molecule has 0 atom stereocenters. The number of halogens is 2. The minimum absolute atomic E-state index is 0.0162. The number of aromatic nitrogens is 3. The van der Waals surface area contributed by atoms with Gasteiger partial charge in [0.25, 0.3) is 5.95 Å². The number of ether oxygens (including phenoxy) is 1. The summed E-state index contributed by atoms with van der Waals surface area (Å²) in [5, 5.41) is 18.1. The second-order valence-corrected chi connectivity index (χ2v) is 7.60. The monoisotopic (exact) mass is 467 g/mol. The summed E-state index contributed by atoms with van der Waals surface area (Å²) in [7, 11) is 1.21. The number of hydrogen-bond donors (Lipinski definition) is 3. The van der Waals surface area contributed by atoms with Gasteiger partial charge in [0.1, 0.15) is 0 Å². The van der Waals surface area contributed by atoms with Crippen LogP contribution in [0, 0.1) is 11.6 Å². The van der Waals surface area contributed by atoms with Crippen molar-refractivity contribution in [2.75, 3.05) is 17.7 Å². The van der Waals surface area contributed by atoms with Crippen LogP contribution in [0.2, 0.25) is 0 Å². The highest BCUT2D eigenvalue weighted by Gasteiger charge is 2.14. The summed E-state index contributed by atoms with van der Waals surface area (Å²) < 4.78 is 34.1. The number of carbonyl (C=O) groups is 1. The van der Waals surface area contributed by atoms with Crippen molar-refractivity contribution in [2.45, 2.75) is 25.8 Å². The van der Waals surface area contributed by atoms with E-state index in [1.54, 1.807) is 16.6 Å². The van der Waals surface area contributed by atoms with Gasteiger partial charge in [0.2, 0.25) is 0 Å². The number of nitrogens with one attached hydrogen (secondary N) is 2. The molecule has 8 nitrogen and oxygen atoms in total. The average Bonchev–Trinajstić information content (AvgIpc) is 3.65. The molecule has 0 saturated heterocycles. The lowest BCUT2D eigenvalue weighted by Gasteiger charge is -2.11. The summed E-state index contributed by atoms with van der Waals surface area (Å²) in [5.41, 5.74) is 3.04. The first-order valence-corrected chi connectivity index (χ1v) is 10.7. The van der Waals surface area contributed by atoms with E-state index in [0.717, 1.165) is 22.9 Å². The maximum atomic E-state index is 14.3. The predicted octanol–water partition coefficient (Wildman–Crippen LogP) is 5.56. The molecule has 2 aromatic carbocycles. The van der Waals surface area contributed by atoms with Gasteiger partial charge in [-0.2, -0.15) is 4.98 Å². The van der Waals surface area contributed by atoms with Crippen molar-refractivity contribution in [2.24, 2.45) is 0 Å². The molecule has 1 amide bonds. The zero-order chi connectivity index (χ0) is 24.1. The molecule has 0 unspecified atom stereocenters. The van der Waals surface area contributed by atoms with Gasteiger partial charge in [-0.15, -0.1) is 5.10 Å². The summed E-state index contributed by atoms with van der Waals surface area (Å²) in [6, 6.07) is 15.2. The molecule has 0 spiro atoms. The lowest BCUT2D eigenvalue weighted by Crippen LogP contribution is -2.08. The van der Waals surface area contributed by atoms with Crippen molar-refractivity contribution < 1.29 is 23.4 Å². The first-order chi connectivity index (χ1) is 16.5. The molecule has 10 heteroatoms. The molecular weight excluding hydrogens is 444 g/mol. The van der Waals surface area contributed by atoms with Crippen LogP contribution < -0.4 is 15.4 Å². The van der Waals surface area contributed by atoms with Crippen molar-refractivity contribution in [1.82, 2.24) is 14.6 Å². The van der Waals surface area contributed by atoms with E-state index in [0.29, 0.717) is 12.2 Å². The number of amides is 1. The number of hydrogen-bond acceptors (Lipinski definition) is 5. The molecule has 0 aliphatic heterocycles. The Morgan fingerprint density at radius 1 is 1.09 bits per heavy atom. The van der Waals surface area contributed by atoms with Crippen molar-refractivity contribution in [1.29, 1.82) is 0 Å². The highest BCUT2D eigenvalue weighted by atomic mass is 19.1. The maximum absolute atomic E-state index is 14.3. The molecule has 5 rings (SSSR count). The van der Waals surface area contributed by atoms with Gasteiger partial charge in [-0.05, 0) is 29.8 Å². The molecule has 1 aliphatic carbocycles. The molecule has 1 fully saturated rings. The molecule has 0 bridgehead atoms. The quantitative estimate of drug-likeness (QED) is 0.344. The Morgan fingerprint density at radius 3 is 2.47 bits per heavy atom. The summed E-state index contributed by atoms with van der Waals surface area (Å²) in [5.74, 6) is -2.00. The Labute approximate surface area is 194 Å². The molecule has 176 valence electrons. The molecule has 4 aromatic rings. The minimum atomic E-state index is -1.25. The second kappa shape index (κ2) is 10.2. The van der Waals surface area contributed by atoms with Gasteiger partial charge in [-0.1, -0.05) is 49.6 Å². The van der Waals surface area contributed by atoms with Crippen LogP contribution in [0.1, 0.15) is 24.8 Å². The number of rotatable bonds is 6. The highest BCUT2D eigenvalue weighted by Crippen LogP contribution is 2.28. The number of nitrogens with zero attached hydrogens (tertiary/aromatic N) is 3. The topological polar surface area (TPSA) is 101 Å². The number of anilines is 2. The van der Waals surface area contributed by atoms with E-state index in [2.05, 4.69) is 20.7 Å². The smallest absolute Gasteiger partial charge is 0.411 e. The van der Waals surface area contributed by atoms with Crippen molar-refractivity contribution in [3.05, 3.63) is 71.8 Å². The van der Waals surface area contributed by atoms with Gasteiger partial charge in [-0.25, -0.2) is 18.1 Å². The van der Waals surface area contributed by atoms with Crippen LogP contribution in [0.25, 0.3) is 16.9 Å². The molecule has 2 heterocycles. The molecular formula is C24H23F2N5O3. The first kappa shape index (κ1) is 23.0. The van der Waals surface area contributed by atoms with E-state index in [4.69, 9.17) is 9.84 Å². The van der Waals surface area contributed by atoms with E-state index >= 15 is 0 Å². The molecule has 3 N–H and O–H groups in total. The van der Waals surface area contributed by atoms with Crippen LogP contribution in [-0.2, 0) is 6.54 Å². The van der Waals surface area contributed by atoms with Gasteiger partial charge >= 0.3 is 6.09 Å². The fourth-order valence-corrected chi connectivity index (χ4v) is 3.12. The Balaban J connectivity index is 0.000000846. The first-order valence-electron chi connectivity index (χ1n) is 10.7. The molecule has 1 saturated carbocycles. The van der Waals surface area contributed by atoms with E-state index < -0.39 is 23.5 Å². The summed E-state index contributed by atoms with van der Waals surface area (Å²) in [4.78, 5) is 14.9. The lowest BCUT2D eigenvalue weighted by atomic mass is 10.1. The summed E-state index contributed by atoms with van der Waals surface area (Å²) in [6.07, 6.45) is 3.25. The van der Waals surface area contributed by atoms with Gasteiger partial charge in [0.15, 0.2) is 23.0 Å². The average molecular weight is 467 g/mol. The fraction of sp³-hybridized carbons (Fsp3) is 0.208. The SMILES string of the molecule is C1CC1.COc1c(F)ccc(NCc2ccc(-c3cccc4nc(NC(=O)O)nn34)cc2)c1F. The van der Waals surface area contributed by atoms with Crippen LogP contribution in [0.5, 0.6) is 5.75 Å². The van der Waals surface area contributed by atoms with Crippen molar-refractivity contribution in [3.63, 3.8) is 0 Å². The second-order valence-electron chi connectivity index (χ2n) is 7.60. The Morgan fingerprint density at radius 2 is 1.82 bits per heavy atom. The number of fused-ring (bicyclic) bond motifs is 1. The Kier molecular flexibility index (Phi) is 6.86. The summed E-state index contributed by atoms with van der Waals surface area (Å²) in [6.45, 7) is 0.312. The maximum Gasteiger partial charge on any atom is 0.411 e. The minimum Gasteiger partial charge on any atom is -0.491 e. The van der Waals surface area contributed by atoms with E-state index in [9.17, 15) is 13.6 Å². The Bertz CT molecular complexity index is 1300.